The largest absolute Gasteiger partial charge is 0.398 e. The van der Waals surface area contributed by atoms with Gasteiger partial charge in [0.05, 0.1) is 11.1 Å². The van der Waals surface area contributed by atoms with Crippen molar-refractivity contribution in [2.75, 3.05) is 11.5 Å². The number of nitrogens with two attached hydrogens (primary N) is 2. The fourth-order valence-electron chi connectivity index (χ4n) is 4.98. The number of carbonyl (C=O) groups is 2. The first-order valence-electron chi connectivity index (χ1n) is 10.3. The Kier molecular flexibility index (Phi) is 4.74. The molecule has 2 aliphatic rings. The Morgan fingerprint density at radius 2 is 1.61 bits per heavy atom. The molecule has 0 radical (unpaired) electrons. The highest BCUT2D eigenvalue weighted by molar-refractivity contribution is 6.31. The van der Waals surface area contributed by atoms with Crippen molar-refractivity contribution in [3.8, 4) is 0 Å². The first kappa shape index (κ1) is 18.7. The maximum atomic E-state index is 13.3. The van der Waals surface area contributed by atoms with Crippen LogP contribution in [0.2, 0.25) is 0 Å². The second-order valence-corrected chi connectivity index (χ2v) is 8.42. The third kappa shape index (κ3) is 2.92. The van der Waals surface area contributed by atoms with Crippen molar-refractivity contribution < 1.29 is 9.59 Å². The average Bonchev–Trinajstić information content (AvgIpc) is 2.68. The summed E-state index contributed by atoms with van der Waals surface area (Å²) < 4.78 is 0. The summed E-state index contributed by atoms with van der Waals surface area (Å²) in [6.45, 7) is 4.09. The molecule has 4 N–H and O–H groups in total. The van der Waals surface area contributed by atoms with Gasteiger partial charge < -0.3 is 11.5 Å². The van der Waals surface area contributed by atoms with Crippen LogP contribution < -0.4 is 11.5 Å². The molecule has 1 saturated carbocycles. The monoisotopic (exact) mass is 376 g/mol. The van der Waals surface area contributed by atoms with Gasteiger partial charge in [-0.2, -0.15) is 0 Å². The quantitative estimate of drug-likeness (QED) is 0.629. The molecule has 4 nitrogen and oxygen atoms in total. The molecule has 1 fully saturated rings. The van der Waals surface area contributed by atoms with E-state index < -0.39 is 0 Å². The van der Waals surface area contributed by atoms with Crippen LogP contribution in [-0.4, -0.2) is 11.6 Å². The molecule has 28 heavy (non-hydrogen) atoms. The van der Waals surface area contributed by atoms with Gasteiger partial charge in [0.2, 0.25) is 0 Å². The van der Waals surface area contributed by atoms with E-state index in [1.165, 1.54) is 25.7 Å². The van der Waals surface area contributed by atoms with E-state index in [-0.39, 0.29) is 11.6 Å². The summed E-state index contributed by atoms with van der Waals surface area (Å²) in [5.41, 5.74) is 16.6. The summed E-state index contributed by atoms with van der Waals surface area (Å²) in [6, 6.07) is 7.29. The molecule has 0 amide bonds. The van der Waals surface area contributed by atoms with E-state index in [1.54, 1.807) is 12.1 Å². The minimum Gasteiger partial charge on any atom is -0.398 e. The summed E-state index contributed by atoms with van der Waals surface area (Å²) >= 11 is 0. The van der Waals surface area contributed by atoms with Crippen molar-refractivity contribution in [1.82, 2.24) is 0 Å². The third-order valence-corrected chi connectivity index (χ3v) is 6.61. The Hall–Kier alpha value is -2.62. The molecular formula is C24H28N2O2. The van der Waals surface area contributed by atoms with Gasteiger partial charge in [-0.1, -0.05) is 25.8 Å². The fourth-order valence-corrected chi connectivity index (χ4v) is 4.98. The van der Waals surface area contributed by atoms with E-state index in [0.29, 0.717) is 39.5 Å². The second-order valence-electron chi connectivity index (χ2n) is 8.42. The standard InChI is InChI=1S/C24H28N2O2/c1-3-4-14-6-8-15(9-7-14)16-11-18-20(19(25)12-16)23(27)17-10-5-13(2)22(26)21(17)24(18)28/h5,10-12,14-15H,3-4,6-9,25-26H2,1-2H3/t14-,15-. The van der Waals surface area contributed by atoms with Crippen molar-refractivity contribution in [1.29, 1.82) is 0 Å². The Balaban J connectivity index is 1.73. The Labute approximate surface area is 166 Å². The van der Waals surface area contributed by atoms with Crippen LogP contribution in [0, 0.1) is 12.8 Å². The van der Waals surface area contributed by atoms with Crippen LogP contribution in [-0.2, 0) is 0 Å². The lowest BCUT2D eigenvalue weighted by Gasteiger charge is -2.30. The highest BCUT2D eigenvalue weighted by Crippen LogP contribution is 2.41. The van der Waals surface area contributed by atoms with Gasteiger partial charge in [0.15, 0.2) is 11.6 Å². The summed E-state index contributed by atoms with van der Waals surface area (Å²) in [5.74, 6) is 0.833. The predicted molar refractivity (Wildman–Crippen MR) is 113 cm³/mol. The summed E-state index contributed by atoms with van der Waals surface area (Å²) in [4.78, 5) is 26.3. The van der Waals surface area contributed by atoms with E-state index >= 15 is 0 Å². The van der Waals surface area contributed by atoms with E-state index in [1.807, 2.05) is 19.1 Å². The van der Waals surface area contributed by atoms with Crippen LogP contribution in [0.15, 0.2) is 24.3 Å². The lowest BCUT2D eigenvalue weighted by Crippen LogP contribution is -2.25. The molecule has 0 saturated heterocycles. The zero-order valence-corrected chi connectivity index (χ0v) is 16.7. The van der Waals surface area contributed by atoms with Crippen LogP contribution in [0.5, 0.6) is 0 Å². The zero-order valence-electron chi connectivity index (χ0n) is 16.7. The number of hydrogen-bond donors (Lipinski definition) is 2. The number of anilines is 2. The highest BCUT2D eigenvalue weighted by Gasteiger charge is 2.34. The van der Waals surface area contributed by atoms with Crippen LogP contribution in [0.4, 0.5) is 11.4 Å². The minimum absolute atomic E-state index is 0.181. The van der Waals surface area contributed by atoms with E-state index in [9.17, 15) is 9.59 Å². The first-order chi connectivity index (χ1) is 13.4. The van der Waals surface area contributed by atoms with Gasteiger partial charge in [0, 0.05) is 22.5 Å². The Bertz CT molecular complexity index is 969. The van der Waals surface area contributed by atoms with Crippen LogP contribution >= 0.6 is 0 Å². The Morgan fingerprint density at radius 1 is 0.929 bits per heavy atom. The maximum Gasteiger partial charge on any atom is 0.196 e. The number of carbonyl (C=O) groups excluding carboxylic acids is 2. The van der Waals surface area contributed by atoms with Crippen molar-refractivity contribution in [2.24, 2.45) is 5.92 Å². The predicted octanol–water partition coefficient (Wildman–Crippen LogP) is 5.01. The summed E-state index contributed by atoms with van der Waals surface area (Å²) in [6.07, 6.45) is 7.19. The molecule has 2 aliphatic carbocycles. The van der Waals surface area contributed by atoms with Crippen LogP contribution in [0.1, 0.15) is 94.3 Å². The summed E-state index contributed by atoms with van der Waals surface area (Å²) in [7, 11) is 0. The molecule has 0 unspecified atom stereocenters. The molecule has 0 atom stereocenters. The number of fused-ring (bicyclic) bond motifs is 2. The molecule has 0 aromatic heterocycles. The molecule has 4 rings (SSSR count). The Morgan fingerprint density at radius 3 is 2.29 bits per heavy atom. The average molecular weight is 377 g/mol. The number of rotatable bonds is 3. The summed E-state index contributed by atoms with van der Waals surface area (Å²) in [5, 5.41) is 0. The van der Waals surface area contributed by atoms with Gasteiger partial charge in [0.25, 0.3) is 0 Å². The molecule has 0 bridgehead atoms. The highest BCUT2D eigenvalue weighted by atomic mass is 16.1. The normalized spacial score (nSPS) is 21.4. The molecule has 4 heteroatoms. The van der Waals surface area contributed by atoms with Gasteiger partial charge in [-0.05, 0) is 73.8 Å². The SMILES string of the molecule is CCC[C@H]1CC[C@H](c2cc(N)c3c(c2)C(=O)c2c(ccc(C)c2N)C3=O)CC1. The van der Waals surface area contributed by atoms with E-state index in [2.05, 4.69) is 6.92 Å². The van der Waals surface area contributed by atoms with Gasteiger partial charge in [-0.15, -0.1) is 0 Å². The fraction of sp³-hybridized carbons (Fsp3) is 0.417. The number of nitrogen functional groups attached to an aromatic ring is 2. The smallest absolute Gasteiger partial charge is 0.196 e. The number of ketones is 2. The zero-order chi connectivity index (χ0) is 20.0. The van der Waals surface area contributed by atoms with Gasteiger partial charge in [-0.3, -0.25) is 9.59 Å². The van der Waals surface area contributed by atoms with Crippen molar-refractivity contribution in [2.45, 2.75) is 58.3 Å². The molecule has 0 heterocycles. The molecule has 0 aliphatic heterocycles. The van der Waals surface area contributed by atoms with Gasteiger partial charge in [0.1, 0.15) is 0 Å². The van der Waals surface area contributed by atoms with Gasteiger partial charge in [-0.25, -0.2) is 0 Å². The van der Waals surface area contributed by atoms with E-state index in [4.69, 9.17) is 11.5 Å². The van der Waals surface area contributed by atoms with Crippen molar-refractivity contribution >= 4 is 22.9 Å². The minimum atomic E-state index is -0.202. The second kappa shape index (κ2) is 7.08. The molecule has 2 aromatic rings. The maximum absolute atomic E-state index is 13.3. The molecule has 2 aromatic carbocycles. The number of hydrogen-bond acceptors (Lipinski definition) is 4. The topological polar surface area (TPSA) is 86.2 Å². The van der Waals surface area contributed by atoms with Crippen LogP contribution in [0.3, 0.4) is 0 Å². The molecule has 0 spiro atoms. The molecule has 146 valence electrons. The first-order valence-corrected chi connectivity index (χ1v) is 10.3. The third-order valence-electron chi connectivity index (χ3n) is 6.61. The van der Waals surface area contributed by atoms with Crippen molar-refractivity contribution in [3.63, 3.8) is 0 Å². The molecular weight excluding hydrogens is 348 g/mol. The number of aryl methyl sites for hydroxylation is 1. The lowest BCUT2D eigenvalue weighted by molar-refractivity contribution is 0.0980. The van der Waals surface area contributed by atoms with Crippen LogP contribution in [0.25, 0.3) is 0 Å². The van der Waals surface area contributed by atoms with Gasteiger partial charge >= 0.3 is 0 Å². The lowest BCUT2D eigenvalue weighted by atomic mass is 9.75. The number of benzene rings is 2. The van der Waals surface area contributed by atoms with E-state index in [0.717, 1.165) is 29.9 Å². The van der Waals surface area contributed by atoms with Crippen molar-refractivity contribution in [3.05, 3.63) is 57.6 Å².